The Morgan fingerprint density at radius 3 is 2.33 bits per heavy atom. The molecule has 2 aliphatic rings. The van der Waals surface area contributed by atoms with Gasteiger partial charge < -0.3 is 33.9 Å². The van der Waals surface area contributed by atoms with E-state index in [-0.39, 0.29) is 84.4 Å². The van der Waals surface area contributed by atoms with Crippen molar-refractivity contribution in [2.75, 3.05) is 6.61 Å². The van der Waals surface area contributed by atoms with Crippen LogP contribution in [0.15, 0.2) is 0 Å². The smallest absolute Gasteiger partial charge is 0.237 e. The van der Waals surface area contributed by atoms with Crippen LogP contribution in [-0.4, -0.2) is 49.3 Å². The second-order valence-electron chi connectivity index (χ2n) is 8.54. The third-order valence-electron chi connectivity index (χ3n) is 5.21. The second-order valence-corrected chi connectivity index (χ2v) is 9.86. The molecule has 0 radical (unpaired) electrons. The van der Waals surface area contributed by atoms with E-state index in [1.807, 2.05) is 41.5 Å². The summed E-state index contributed by atoms with van der Waals surface area (Å²) >= 11 is 0. The Kier molecular flexibility index (Phi) is 14.5. The number of hydrogen-bond acceptors (Lipinski definition) is 8. The van der Waals surface area contributed by atoms with Crippen LogP contribution in [0, 0.1) is 18.4 Å². The summed E-state index contributed by atoms with van der Waals surface area (Å²) in [6.45, 7) is 13.1. The van der Waals surface area contributed by atoms with Gasteiger partial charge in [0, 0.05) is 54.1 Å². The molecule has 1 saturated heterocycles. The van der Waals surface area contributed by atoms with Gasteiger partial charge in [0.15, 0.2) is 0 Å². The Balaban J connectivity index is 0.00000420. The van der Waals surface area contributed by atoms with Crippen molar-refractivity contribution in [2.45, 2.75) is 97.0 Å². The van der Waals surface area contributed by atoms with Gasteiger partial charge in [0.2, 0.25) is 7.82 Å². The Morgan fingerprint density at radius 1 is 1.13 bits per heavy atom. The Labute approximate surface area is 209 Å². The summed E-state index contributed by atoms with van der Waals surface area (Å²) in [5.41, 5.74) is 6.23. The zero-order chi connectivity index (χ0) is 21.1. The molecule has 0 spiro atoms. The first-order chi connectivity index (χ1) is 13.0. The fourth-order valence-electron chi connectivity index (χ4n) is 3.81. The Hall–Kier alpha value is 1.33. The molecule has 0 amide bonds. The average molecular weight is 789 g/mol. The van der Waals surface area contributed by atoms with Crippen LogP contribution in [0.4, 0.5) is 0 Å². The maximum atomic E-state index is 12.4. The van der Waals surface area contributed by atoms with Crippen LogP contribution in [0.3, 0.4) is 0 Å². The molecule has 1 saturated carbocycles. The minimum Gasteiger partial charge on any atom is -0.758 e. The van der Waals surface area contributed by atoms with Gasteiger partial charge in [-0.1, -0.05) is 6.92 Å². The maximum Gasteiger partial charge on any atom is 0.237 e. The van der Waals surface area contributed by atoms with Crippen molar-refractivity contribution in [3.05, 3.63) is 6.61 Å². The van der Waals surface area contributed by atoms with Crippen LogP contribution in [0.2, 0.25) is 0 Å². The Bertz CT molecular complexity index is 543. The number of ether oxygens (including phenoxy) is 3. The van der Waals surface area contributed by atoms with Crippen LogP contribution in [0.5, 0.6) is 0 Å². The van der Waals surface area contributed by atoms with Gasteiger partial charge in [0.25, 0.3) is 0 Å². The zero-order valence-electron chi connectivity index (χ0n) is 18.6. The van der Waals surface area contributed by atoms with Crippen molar-refractivity contribution in [3.63, 3.8) is 0 Å². The minimum absolute atomic E-state index is 0. The summed E-state index contributed by atoms with van der Waals surface area (Å²) in [5.74, 6) is -0.0689. The van der Waals surface area contributed by atoms with Crippen molar-refractivity contribution in [3.8, 4) is 0 Å². The van der Waals surface area contributed by atoms with Gasteiger partial charge in [-0.2, -0.15) is 6.61 Å². The number of nitrogens with two attached hydrogens (primary N) is 1. The summed E-state index contributed by atoms with van der Waals surface area (Å²) in [6, 6.07) is -0.185. The summed E-state index contributed by atoms with van der Waals surface area (Å²) in [4.78, 5) is 12.4. The van der Waals surface area contributed by atoms with Crippen molar-refractivity contribution in [1.29, 1.82) is 0 Å². The Morgan fingerprint density at radius 2 is 1.77 bits per heavy atom. The van der Waals surface area contributed by atoms with Gasteiger partial charge in [-0.3, -0.25) is 4.57 Å². The van der Waals surface area contributed by atoms with E-state index < -0.39 is 20.0 Å². The average Bonchev–Trinajstić information content (AvgIpc) is 3.02. The first kappa shape index (κ1) is 31.3. The predicted molar refractivity (Wildman–Crippen MR) is 103 cm³/mol. The molecular formula is C19H36NO7PW2-2. The quantitative estimate of drug-likeness (QED) is 0.266. The summed E-state index contributed by atoms with van der Waals surface area (Å²) in [6.07, 6.45) is -0.149. The summed E-state index contributed by atoms with van der Waals surface area (Å²) in [5, 5.41) is 0. The number of phosphoric acid groups is 1. The predicted octanol–water partition coefficient (Wildman–Crippen LogP) is 2.39. The molecule has 8 nitrogen and oxygen atoms in total. The normalized spacial score (nSPS) is 35.9. The molecule has 2 fully saturated rings. The summed E-state index contributed by atoms with van der Waals surface area (Å²) in [7, 11) is -4.56. The van der Waals surface area contributed by atoms with E-state index >= 15 is 0 Å². The van der Waals surface area contributed by atoms with E-state index in [2.05, 4.69) is 0 Å². The summed E-state index contributed by atoms with van der Waals surface area (Å²) < 4.78 is 40.0. The first-order valence-corrected chi connectivity index (χ1v) is 11.6. The van der Waals surface area contributed by atoms with E-state index in [4.69, 9.17) is 29.0 Å². The van der Waals surface area contributed by atoms with Crippen LogP contribution in [-0.2, 0) is 70.0 Å². The molecule has 30 heavy (non-hydrogen) atoms. The van der Waals surface area contributed by atoms with Gasteiger partial charge in [-0.15, -0.1) is 0 Å². The molecule has 8 atom stereocenters. The van der Waals surface area contributed by atoms with Gasteiger partial charge in [0.05, 0.1) is 37.1 Å². The van der Waals surface area contributed by atoms with E-state index in [1.54, 1.807) is 0 Å². The number of rotatable bonds is 10. The first-order valence-electron chi connectivity index (χ1n) is 10.2. The van der Waals surface area contributed by atoms with Crippen molar-refractivity contribution in [1.82, 2.24) is 0 Å². The maximum absolute atomic E-state index is 12.4. The van der Waals surface area contributed by atoms with E-state index in [0.717, 1.165) is 0 Å². The number of phosphoric ester groups is 1. The third-order valence-corrected chi connectivity index (χ3v) is 6.12. The zero-order valence-corrected chi connectivity index (χ0v) is 25.4. The van der Waals surface area contributed by atoms with Crippen LogP contribution >= 0.6 is 7.82 Å². The molecule has 0 aromatic carbocycles. The second kappa shape index (κ2) is 13.9. The number of hydrogen-bond donors (Lipinski definition) is 1. The largest absolute Gasteiger partial charge is 0.758 e. The molecule has 0 bridgehead atoms. The monoisotopic (exact) mass is 789 g/mol. The third kappa shape index (κ3) is 9.67. The molecule has 4 unspecified atom stereocenters. The molecule has 0 aromatic heterocycles. The molecule has 2 N–H and O–H groups in total. The fourth-order valence-corrected chi connectivity index (χ4v) is 4.70. The molecule has 2 rings (SSSR count). The van der Waals surface area contributed by atoms with Gasteiger partial charge in [0.1, 0.15) is 0 Å². The van der Waals surface area contributed by atoms with Gasteiger partial charge in [-0.05, 0) is 59.5 Å². The molecule has 1 heterocycles. The van der Waals surface area contributed by atoms with E-state index in [0.29, 0.717) is 19.4 Å². The SMILES string of the molecule is CC(C)OC[C@@H]1C(OP(=O)([O-])O[CH-][C@H]2O[C@@H](C)CC2OC(C)C)C[C@H](C)C1N.[W].[W]. The van der Waals surface area contributed by atoms with Crippen LogP contribution in [0.25, 0.3) is 0 Å². The molecule has 1 aliphatic carbocycles. The topological polar surface area (TPSA) is 112 Å². The molecule has 11 heteroatoms. The van der Waals surface area contributed by atoms with Crippen molar-refractivity contribution < 1.29 is 74.8 Å². The minimum atomic E-state index is -4.56. The molecule has 0 aromatic rings. The fraction of sp³-hybridized carbons (Fsp3) is 0.947. The molecule has 178 valence electrons. The van der Waals surface area contributed by atoms with E-state index in [9.17, 15) is 9.46 Å². The van der Waals surface area contributed by atoms with Crippen molar-refractivity contribution >= 4 is 7.82 Å². The standard InChI is InChI=1S/C19H37NO7P.2W/c1-11(2)23-9-15-16(7-13(5)19(15)20)27-28(21,22)24-10-18-17(25-12(3)4)8-14(6)26-18;;/h10-19H,7-9,20H2,1-6H3,(H,21,22);;/q-1;;/p-1/t13-,14-,15+,16?,17?,18+,19?;;/m0../s1. The van der Waals surface area contributed by atoms with Gasteiger partial charge >= 0.3 is 0 Å². The van der Waals surface area contributed by atoms with Crippen molar-refractivity contribution in [2.24, 2.45) is 17.6 Å². The van der Waals surface area contributed by atoms with Crippen LogP contribution < -0.4 is 10.6 Å². The van der Waals surface area contributed by atoms with E-state index in [1.165, 1.54) is 6.61 Å². The van der Waals surface area contributed by atoms with Gasteiger partial charge in [-0.25, -0.2) is 0 Å². The molecule has 1 aliphatic heterocycles. The van der Waals surface area contributed by atoms with Crippen LogP contribution in [0.1, 0.15) is 54.4 Å². The molecular weight excluding hydrogens is 753 g/mol.